The average Bonchev–Trinajstić information content (AvgIpc) is 3.04. The third-order valence-electron chi connectivity index (χ3n) is 3.80. The van der Waals surface area contributed by atoms with Gasteiger partial charge in [0.15, 0.2) is 0 Å². The van der Waals surface area contributed by atoms with Gasteiger partial charge in [0.05, 0.1) is 17.2 Å². The molecule has 4 rings (SSSR count). The highest BCUT2D eigenvalue weighted by Crippen LogP contribution is 2.30. The Bertz CT molecular complexity index is 824. The van der Waals surface area contributed by atoms with Crippen LogP contribution in [0, 0.1) is 10.1 Å². The number of fused-ring (bicyclic) bond motifs is 3. The van der Waals surface area contributed by atoms with Gasteiger partial charge in [-0.2, -0.15) is 0 Å². The second-order valence-corrected chi connectivity index (χ2v) is 5.11. The number of nitro groups is 1. The zero-order valence-corrected chi connectivity index (χ0v) is 11.6. The molecule has 2 aliphatic heterocycles. The minimum Gasteiger partial charge on any atom is -0.308 e. The lowest BCUT2D eigenvalue weighted by atomic mass is 10.1. The lowest BCUT2D eigenvalue weighted by Gasteiger charge is -2.27. The lowest BCUT2D eigenvalue weighted by molar-refractivity contribution is -0.384. The Balaban J connectivity index is 1.83. The number of rotatable bonds is 2. The fraction of sp³-hybridized carbons (Fsp3) is 0.125. The summed E-state index contributed by atoms with van der Waals surface area (Å²) in [6.45, 7) is 1.51. The first-order valence-corrected chi connectivity index (χ1v) is 6.99. The summed E-state index contributed by atoms with van der Waals surface area (Å²) in [5.41, 5.74) is 2.85. The first kappa shape index (κ1) is 12.7. The smallest absolute Gasteiger partial charge is 0.269 e. The van der Waals surface area contributed by atoms with Gasteiger partial charge in [-0.1, -0.05) is 12.1 Å². The Morgan fingerprint density at radius 2 is 1.82 bits per heavy atom. The highest BCUT2D eigenvalue weighted by atomic mass is 16.6. The Morgan fingerprint density at radius 3 is 2.59 bits per heavy atom. The monoisotopic (exact) mass is 292 g/mol. The van der Waals surface area contributed by atoms with Crippen LogP contribution in [0.5, 0.6) is 0 Å². The SMILES string of the molecule is O=[N+]([O-])c1ccc(C2=Nc3ccccc3C3=NCCN23)cc1. The first-order chi connectivity index (χ1) is 10.7. The molecule has 2 aromatic carbocycles. The molecule has 0 aliphatic carbocycles. The van der Waals surface area contributed by atoms with Gasteiger partial charge in [0.2, 0.25) is 0 Å². The molecule has 2 aromatic rings. The van der Waals surface area contributed by atoms with Gasteiger partial charge in [-0.15, -0.1) is 0 Å². The summed E-state index contributed by atoms with van der Waals surface area (Å²) in [5.74, 6) is 1.73. The van der Waals surface area contributed by atoms with Gasteiger partial charge in [-0.25, -0.2) is 4.99 Å². The zero-order chi connectivity index (χ0) is 15.1. The van der Waals surface area contributed by atoms with Crippen molar-refractivity contribution in [3.8, 4) is 0 Å². The van der Waals surface area contributed by atoms with E-state index in [1.807, 2.05) is 24.3 Å². The number of nitro benzene ring substituents is 1. The average molecular weight is 292 g/mol. The van der Waals surface area contributed by atoms with Crippen molar-refractivity contribution in [2.75, 3.05) is 13.1 Å². The fourth-order valence-electron chi connectivity index (χ4n) is 2.77. The number of hydrogen-bond acceptors (Lipinski definition) is 5. The van der Waals surface area contributed by atoms with E-state index in [0.29, 0.717) is 0 Å². The van der Waals surface area contributed by atoms with E-state index in [0.717, 1.165) is 41.6 Å². The number of aliphatic imine (C=N–C) groups is 2. The van der Waals surface area contributed by atoms with Gasteiger partial charge in [-0.05, 0) is 24.3 Å². The van der Waals surface area contributed by atoms with Crippen LogP contribution in [0.15, 0.2) is 58.5 Å². The Labute approximate surface area is 126 Å². The predicted molar refractivity (Wildman–Crippen MR) is 83.8 cm³/mol. The molecule has 0 saturated carbocycles. The molecule has 0 aromatic heterocycles. The molecule has 0 unspecified atom stereocenters. The van der Waals surface area contributed by atoms with Crippen molar-refractivity contribution in [2.24, 2.45) is 9.98 Å². The second kappa shape index (κ2) is 4.77. The largest absolute Gasteiger partial charge is 0.308 e. The van der Waals surface area contributed by atoms with Crippen molar-refractivity contribution in [2.45, 2.75) is 0 Å². The molecule has 0 fully saturated rings. The third kappa shape index (κ3) is 1.88. The zero-order valence-electron chi connectivity index (χ0n) is 11.6. The minimum absolute atomic E-state index is 0.0795. The molecule has 0 bridgehead atoms. The molecule has 22 heavy (non-hydrogen) atoms. The molecular weight excluding hydrogens is 280 g/mol. The first-order valence-electron chi connectivity index (χ1n) is 6.99. The van der Waals surface area contributed by atoms with Crippen molar-refractivity contribution < 1.29 is 4.92 Å². The number of nitrogens with zero attached hydrogens (tertiary/aromatic N) is 4. The summed E-state index contributed by atoms with van der Waals surface area (Å²) >= 11 is 0. The van der Waals surface area contributed by atoms with Crippen molar-refractivity contribution in [1.29, 1.82) is 0 Å². The summed E-state index contributed by atoms with van der Waals surface area (Å²) < 4.78 is 0. The maximum atomic E-state index is 10.8. The third-order valence-corrected chi connectivity index (χ3v) is 3.80. The molecule has 2 heterocycles. The number of hydrogen-bond donors (Lipinski definition) is 0. The van der Waals surface area contributed by atoms with Crippen molar-refractivity contribution in [3.05, 3.63) is 69.8 Å². The summed E-state index contributed by atoms with van der Waals surface area (Å²) in [6, 6.07) is 14.4. The molecule has 0 amide bonds. The highest BCUT2D eigenvalue weighted by Gasteiger charge is 2.29. The van der Waals surface area contributed by atoms with E-state index >= 15 is 0 Å². The molecule has 0 saturated heterocycles. The topological polar surface area (TPSA) is 71.1 Å². The molecule has 2 aliphatic rings. The molecule has 0 atom stereocenters. The molecule has 108 valence electrons. The summed E-state index contributed by atoms with van der Waals surface area (Å²) in [7, 11) is 0. The fourth-order valence-corrected chi connectivity index (χ4v) is 2.77. The van der Waals surface area contributed by atoms with E-state index in [4.69, 9.17) is 4.99 Å². The van der Waals surface area contributed by atoms with Crippen LogP contribution < -0.4 is 0 Å². The van der Waals surface area contributed by atoms with E-state index in [-0.39, 0.29) is 5.69 Å². The van der Waals surface area contributed by atoms with Crippen molar-refractivity contribution in [3.63, 3.8) is 0 Å². The van der Waals surface area contributed by atoms with E-state index in [2.05, 4.69) is 9.89 Å². The van der Waals surface area contributed by atoms with Crippen molar-refractivity contribution >= 4 is 23.0 Å². The highest BCUT2D eigenvalue weighted by molar-refractivity contribution is 6.20. The van der Waals surface area contributed by atoms with E-state index in [1.54, 1.807) is 12.1 Å². The molecule has 6 nitrogen and oxygen atoms in total. The molecule has 0 N–H and O–H groups in total. The second-order valence-electron chi connectivity index (χ2n) is 5.11. The van der Waals surface area contributed by atoms with Gasteiger partial charge in [0, 0.05) is 29.8 Å². The predicted octanol–water partition coefficient (Wildman–Crippen LogP) is 2.75. The van der Waals surface area contributed by atoms with Crippen LogP contribution in [-0.2, 0) is 0 Å². The number of benzene rings is 2. The summed E-state index contributed by atoms with van der Waals surface area (Å²) in [5, 5.41) is 10.8. The van der Waals surface area contributed by atoms with Crippen LogP contribution in [0.1, 0.15) is 11.1 Å². The maximum Gasteiger partial charge on any atom is 0.269 e. The minimum atomic E-state index is -0.398. The Morgan fingerprint density at radius 1 is 1.05 bits per heavy atom. The standard InChI is InChI=1S/C16H12N4O2/c21-20(22)12-7-5-11(6-8-12)15-18-14-4-2-1-3-13(14)16-17-9-10-19(15)16/h1-8H,9-10H2. The van der Waals surface area contributed by atoms with Crippen LogP contribution in [0.3, 0.4) is 0 Å². The number of para-hydroxylation sites is 1. The molecular formula is C16H12N4O2. The molecule has 6 heteroatoms. The van der Waals surface area contributed by atoms with E-state index in [1.165, 1.54) is 12.1 Å². The van der Waals surface area contributed by atoms with Gasteiger partial charge in [0.1, 0.15) is 11.7 Å². The van der Waals surface area contributed by atoms with Gasteiger partial charge >= 0.3 is 0 Å². The molecule has 0 spiro atoms. The van der Waals surface area contributed by atoms with Crippen molar-refractivity contribution in [1.82, 2.24) is 4.90 Å². The summed E-state index contributed by atoms with van der Waals surface area (Å²) in [6.07, 6.45) is 0. The van der Waals surface area contributed by atoms with Crippen LogP contribution >= 0.6 is 0 Å². The normalized spacial score (nSPS) is 15.7. The van der Waals surface area contributed by atoms with E-state index in [9.17, 15) is 10.1 Å². The van der Waals surface area contributed by atoms with Crippen LogP contribution in [-0.4, -0.2) is 34.6 Å². The maximum absolute atomic E-state index is 10.8. The Kier molecular flexibility index (Phi) is 2.75. The lowest BCUT2D eigenvalue weighted by Crippen LogP contribution is -2.37. The van der Waals surface area contributed by atoms with Crippen LogP contribution in [0.2, 0.25) is 0 Å². The quantitative estimate of drug-likeness (QED) is 0.631. The number of amidine groups is 2. The van der Waals surface area contributed by atoms with Crippen LogP contribution in [0.4, 0.5) is 11.4 Å². The van der Waals surface area contributed by atoms with Crippen LogP contribution in [0.25, 0.3) is 0 Å². The van der Waals surface area contributed by atoms with Gasteiger partial charge in [-0.3, -0.25) is 15.1 Å². The summed E-state index contributed by atoms with van der Waals surface area (Å²) in [4.78, 5) is 21.8. The van der Waals surface area contributed by atoms with Gasteiger partial charge in [0.25, 0.3) is 5.69 Å². The molecule has 0 radical (unpaired) electrons. The van der Waals surface area contributed by atoms with E-state index < -0.39 is 4.92 Å². The number of non-ortho nitro benzene ring substituents is 1. The Hall–Kier alpha value is -3.02. The van der Waals surface area contributed by atoms with Gasteiger partial charge < -0.3 is 4.90 Å².